The van der Waals surface area contributed by atoms with Crippen LogP contribution in [0.1, 0.15) is 24.5 Å². The van der Waals surface area contributed by atoms with Gasteiger partial charge in [-0.1, -0.05) is 6.58 Å². The van der Waals surface area contributed by atoms with Crippen LogP contribution in [0.5, 0.6) is 0 Å². The molecule has 11 nitrogen and oxygen atoms in total. The first-order chi connectivity index (χ1) is 13.8. The summed E-state index contributed by atoms with van der Waals surface area (Å²) in [6, 6.07) is 1.71. The Hall–Kier alpha value is -2.86. The summed E-state index contributed by atoms with van der Waals surface area (Å²) >= 11 is 0. The fourth-order valence-corrected chi connectivity index (χ4v) is 2.87. The number of hydrogen-bond acceptors (Lipinski definition) is 10. The van der Waals surface area contributed by atoms with Crippen molar-refractivity contribution < 1.29 is 4.74 Å². The summed E-state index contributed by atoms with van der Waals surface area (Å²) < 4.78 is 5.35. The van der Waals surface area contributed by atoms with Crippen LogP contribution in [-0.4, -0.2) is 65.1 Å². The maximum atomic E-state index is 6.21. The van der Waals surface area contributed by atoms with Gasteiger partial charge in [0.25, 0.3) is 0 Å². The molecular weight excluding hydrogens is 372 g/mol. The number of anilines is 1. The molecule has 0 aromatic carbocycles. The number of nitrogens with zero attached hydrogens (tertiary/aromatic N) is 5. The zero-order valence-corrected chi connectivity index (χ0v) is 16.9. The zero-order valence-electron chi connectivity index (χ0n) is 16.9. The molecule has 1 aliphatic heterocycles. The van der Waals surface area contributed by atoms with E-state index in [9.17, 15) is 0 Å². The van der Waals surface area contributed by atoms with Crippen molar-refractivity contribution in [3.05, 3.63) is 41.9 Å². The number of rotatable bonds is 8. The topological polar surface area (TPSA) is 174 Å². The van der Waals surface area contributed by atoms with Crippen molar-refractivity contribution in [1.29, 1.82) is 0 Å². The Balaban J connectivity index is 2.05. The summed E-state index contributed by atoms with van der Waals surface area (Å²) in [5.41, 5.74) is 14.2. The molecule has 0 saturated carbocycles. The van der Waals surface area contributed by atoms with E-state index in [2.05, 4.69) is 21.6 Å². The molecular formula is C18H32N10O. The van der Waals surface area contributed by atoms with Crippen LogP contribution in [0.4, 0.5) is 5.82 Å². The molecule has 1 aromatic heterocycles. The average Bonchev–Trinajstić information content (AvgIpc) is 2.70. The van der Waals surface area contributed by atoms with E-state index in [-0.39, 0.29) is 11.7 Å². The Kier molecular flexibility index (Phi) is 8.21. The molecule has 0 bridgehead atoms. The van der Waals surface area contributed by atoms with Crippen LogP contribution in [0.3, 0.4) is 0 Å². The molecule has 1 aliphatic rings. The summed E-state index contributed by atoms with van der Waals surface area (Å²) in [7, 11) is 0. The van der Waals surface area contributed by atoms with E-state index >= 15 is 0 Å². The van der Waals surface area contributed by atoms with Gasteiger partial charge in [0.15, 0.2) is 5.84 Å². The predicted molar refractivity (Wildman–Crippen MR) is 115 cm³/mol. The van der Waals surface area contributed by atoms with E-state index in [1.807, 2.05) is 0 Å². The van der Waals surface area contributed by atoms with Crippen molar-refractivity contribution in [3.63, 3.8) is 0 Å². The third kappa shape index (κ3) is 6.32. The van der Waals surface area contributed by atoms with Crippen molar-refractivity contribution in [2.24, 2.45) is 28.4 Å². The van der Waals surface area contributed by atoms with E-state index in [4.69, 9.17) is 33.7 Å². The second kappa shape index (κ2) is 10.6. The average molecular weight is 405 g/mol. The first-order valence-corrected chi connectivity index (χ1v) is 9.36. The number of ether oxygens (including phenoxy) is 1. The maximum Gasteiger partial charge on any atom is 0.177 e. The minimum Gasteiger partial charge on any atom is -0.397 e. The summed E-state index contributed by atoms with van der Waals surface area (Å²) in [6.45, 7) is 10.6. The van der Waals surface area contributed by atoms with Crippen LogP contribution < -0.4 is 29.0 Å². The molecule has 0 spiro atoms. The number of pyridine rings is 1. The van der Waals surface area contributed by atoms with Gasteiger partial charge in [-0.15, -0.1) is 0 Å². The molecule has 0 radical (unpaired) electrons. The number of hydrazine groups is 2. The van der Waals surface area contributed by atoms with E-state index < -0.39 is 0 Å². The van der Waals surface area contributed by atoms with Crippen molar-refractivity contribution in [1.82, 2.24) is 19.9 Å². The van der Waals surface area contributed by atoms with E-state index in [0.29, 0.717) is 29.1 Å². The quantitative estimate of drug-likeness (QED) is 0.159. The molecule has 11 heteroatoms. The van der Waals surface area contributed by atoms with Crippen molar-refractivity contribution in [2.75, 3.05) is 45.1 Å². The molecule has 0 amide bonds. The SMILES string of the molecule is C=C(C)N(N)/C(=N\N)c1cc(/C(N)=C/N(N)CCCN2CCOCC2)cnc1N. The zero-order chi connectivity index (χ0) is 21.4. The van der Waals surface area contributed by atoms with E-state index in [1.54, 1.807) is 30.4 Å². The number of hydrazone groups is 1. The smallest absolute Gasteiger partial charge is 0.177 e. The largest absolute Gasteiger partial charge is 0.397 e. The standard InChI is InChI=1S/C18H32N10O/c1-13(2)28(23)18(25-21)15-10-14(11-24-17(15)20)16(19)12-27(22)5-3-4-26-6-8-29-9-7-26/h10-12H,1,3-9,19,21-23H2,2H3,(H2,20,24)/b16-12-,25-18-. The molecule has 1 fully saturated rings. The first-order valence-electron chi connectivity index (χ1n) is 9.36. The molecule has 0 atom stereocenters. The number of nitrogens with two attached hydrogens (primary N) is 5. The molecule has 2 heterocycles. The van der Waals surface area contributed by atoms with E-state index in [0.717, 1.165) is 39.3 Å². The number of allylic oxidation sites excluding steroid dienone is 1. The van der Waals surface area contributed by atoms with Crippen LogP contribution in [0.2, 0.25) is 0 Å². The van der Waals surface area contributed by atoms with Gasteiger partial charge in [0.1, 0.15) is 5.82 Å². The van der Waals surface area contributed by atoms with Gasteiger partial charge in [0.05, 0.1) is 24.5 Å². The fourth-order valence-electron chi connectivity index (χ4n) is 2.87. The Labute approximate surface area is 171 Å². The molecule has 0 aliphatic carbocycles. The number of nitrogen functional groups attached to an aromatic ring is 1. The van der Waals surface area contributed by atoms with Crippen molar-refractivity contribution in [3.8, 4) is 0 Å². The van der Waals surface area contributed by atoms with Crippen LogP contribution in [0.15, 0.2) is 35.8 Å². The highest BCUT2D eigenvalue weighted by Crippen LogP contribution is 2.18. The van der Waals surface area contributed by atoms with Gasteiger partial charge >= 0.3 is 0 Å². The fraction of sp³-hybridized carbons (Fsp3) is 0.444. The van der Waals surface area contributed by atoms with E-state index in [1.165, 1.54) is 5.01 Å². The lowest BCUT2D eigenvalue weighted by atomic mass is 10.1. The molecule has 160 valence electrons. The second-order valence-electron chi connectivity index (χ2n) is 6.84. The minimum atomic E-state index is 0.220. The van der Waals surface area contributed by atoms with Gasteiger partial charge in [-0.3, -0.25) is 9.91 Å². The highest BCUT2D eigenvalue weighted by atomic mass is 16.5. The number of hydrogen-bond donors (Lipinski definition) is 5. The first kappa shape index (κ1) is 22.4. The van der Waals surface area contributed by atoms with Gasteiger partial charge in [-0.25, -0.2) is 16.7 Å². The number of amidine groups is 1. The molecule has 29 heavy (non-hydrogen) atoms. The van der Waals surface area contributed by atoms with Gasteiger partial charge in [-0.05, 0) is 19.4 Å². The van der Waals surface area contributed by atoms with Gasteiger partial charge < -0.3 is 27.1 Å². The Bertz CT molecular complexity index is 757. The highest BCUT2D eigenvalue weighted by Gasteiger charge is 2.16. The Morgan fingerprint density at radius 1 is 1.38 bits per heavy atom. The molecule has 1 aromatic rings. The normalized spacial score (nSPS) is 16.0. The van der Waals surface area contributed by atoms with Crippen LogP contribution >= 0.6 is 0 Å². The lowest BCUT2D eigenvalue weighted by Gasteiger charge is -2.27. The second-order valence-corrected chi connectivity index (χ2v) is 6.84. The van der Waals surface area contributed by atoms with Crippen molar-refractivity contribution in [2.45, 2.75) is 13.3 Å². The number of morpholine rings is 1. The molecule has 10 N–H and O–H groups in total. The lowest BCUT2D eigenvalue weighted by Crippen LogP contribution is -2.38. The van der Waals surface area contributed by atoms with Crippen molar-refractivity contribution >= 4 is 17.4 Å². The summed E-state index contributed by atoms with van der Waals surface area (Å²) in [4.78, 5) is 6.53. The summed E-state index contributed by atoms with van der Waals surface area (Å²) in [5, 5.41) is 6.51. The third-order valence-corrected chi connectivity index (χ3v) is 4.55. The third-order valence-electron chi connectivity index (χ3n) is 4.55. The maximum absolute atomic E-state index is 6.21. The highest BCUT2D eigenvalue weighted by molar-refractivity contribution is 6.03. The summed E-state index contributed by atoms with van der Waals surface area (Å²) in [5.74, 6) is 18.0. The monoisotopic (exact) mass is 404 g/mol. The van der Waals surface area contributed by atoms with Crippen LogP contribution in [0, 0.1) is 0 Å². The van der Waals surface area contributed by atoms with Crippen LogP contribution in [-0.2, 0) is 4.74 Å². The predicted octanol–water partition coefficient (Wildman–Crippen LogP) is -0.851. The molecule has 0 unspecified atom stereocenters. The van der Waals surface area contributed by atoms with Gasteiger partial charge in [-0.2, -0.15) is 5.10 Å². The minimum absolute atomic E-state index is 0.220. The lowest BCUT2D eigenvalue weighted by molar-refractivity contribution is 0.0366. The molecule has 2 rings (SSSR count). The van der Waals surface area contributed by atoms with Gasteiger partial charge in [0.2, 0.25) is 0 Å². The Morgan fingerprint density at radius 3 is 2.69 bits per heavy atom. The van der Waals surface area contributed by atoms with Crippen LogP contribution in [0.25, 0.3) is 5.70 Å². The Morgan fingerprint density at radius 2 is 2.07 bits per heavy atom. The molecule has 1 saturated heterocycles. The number of aromatic nitrogens is 1. The summed E-state index contributed by atoms with van der Waals surface area (Å²) in [6.07, 6.45) is 4.13. The van der Waals surface area contributed by atoms with Gasteiger partial charge in [0, 0.05) is 49.8 Å².